The van der Waals surface area contributed by atoms with E-state index in [9.17, 15) is 4.79 Å². The van der Waals surface area contributed by atoms with E-state index < -0.39 is 0 Å². The maximum atomic E-state index is 10.8. The Morgan fingerprint density at radius 1 is 1.37 bits per heavy atom. The van der Waals surface area contributed by atoms with Crippen LogP contribution in [-0.4, -0.2) is 25.3 Å². The van der Waals surface area contributed by atoms with Crippen molar-refractivity contribution in [2.24, 2.45) is 5.73 Å². The summed E-state index contributed by atoms with van der Waals surface area (Å²) in [6.45, 7) is 3.49. The number of anilines is 1. The number of nitrogens with zero attached hydrogens (tertiary/aromatic N) is 1. The van der Waals surface area contributed by atoms with Crippen LogP contribution in [0.4, 0.5) is 5.69 Å². The Bertz CT molecular complexity index is 417. The first kappa shape index (κ1) is 13.9. The summed E-state index contributed by atoms with van der Waals surface area (Å²) in [6.07, 6.45) is 3.72. The van der Waals surface area contributed by atoms with Crippen LogP contribution in [0.1, 0.15) is 31.2 Å². The van der Waals surface area contributed by atoms with Crippen LogP contribution >= 0.6 is 0 Å². The SMILES string of the molecule is Cc1ccc(N2CCCC[C@@H]2OCCC(N)=O)cc1. The molecule has 1 aliphatic heterocycles. The van der Waals surface area contributed by atoms with Gasteiger partial charge in [0.2, 0.25) is 5.91 Å². The van der Waals surface area contributed by atoms with Crippen molar-refractivity contribution in [1.82, 2.24) is 0 Å². The molecule has 1 fully saturated rings. The summed E-state index contributed by atoms with van der Waals surface area (Å²) >= 11 is 0. The molecule has 1 amide bonds. The molecule has 0 spiro atoms. The molecule has 104 valence electrons. The van der Waals surface area contributed by atoms with E-state index in [1.807, 2.05) is 0 Å². The van der Waals surface area contributed by atoms with Gasteiger partial charge in [-0.2, -0.15) is 0 Å². The van der Waals surface area contributed by atoms with Crippen molar-refractivity contribution in [3.63, 3.8) is 0 Å². The number of nitrogens with two attached hydrogens (primary N) is 1. The highest BCUT2D eigenvalue weighted by molar-refractivity contribution is 5.73. The summed E-state index contributed by atoms with van der Waals surface area (Å²) in [5, 5.41) is 0. The Kier molecular flexibility index (Phi) is 4.80. The molecule has 2 rings (SSSR count). The zero-order chi connectivity index (χ0) is 13.7. The molecule has 0 saturated carbocycles. The van der Waals surface area contributed by atoms with E-state index in [1.165, 1.54) is 24.1 Å². The van der Waals surface area contributed by atoms with Crippen LogP contribution in [0.5, 0.6) is 0 Å². The number of carbonyl (C=O) groups is 1. The number of primary amides is 1. The average molecular weight is 262 g/mol. The van der Waals surface area contributed by atoms with E-state index in [0.29, 0.717) is 6.61 Å². The smallest absolute Gasteiger partial charge is 0.219 e. The van der Waals surface area contributed by atoms with Gasteiger partial charge in [-0.1, -0.05) is 17.7 Å². The van der Waals surface area contributed by atoms with Crippen molar-refractivity contribution in [2.75, 3.05) is 18.1 Å². The highest BCUT2D eigenvalue weighted by atomic mass is 16.5. The Labute approximate surface area is 114 Å². The fourth-order valence-corrected chi connectivity index (χ4v) is 2.40. The van der Waals surface area contributed by atoms with Crippen molar-refractivity contribution < 1.29 is 9.53 Å². The van der Waals surface area contributed by atoms with E-state index in [2.05, 4.69) is 36.1 Å². The van der Waals surface area contributed by atoms with E-state index in [4.69, 9.17) is 10.5 Å². The largest absolute Gasteiger partial charge is 0.370 e. The van der Waals surface area contributed by atoms with Gasteiger partial charge >= 0.3 is 0 Å². The summed E-state index contributed by atoms with van der Waals surface area (Å²) < 4.78 is 5.82. The first-order valence-electron chi connectivity index (χ1n) is 6.90. The van der Waals surface area contributed by atoms with Crippen LogP contribution in [0.15, 0.2) is 24.3 Å². The van der Waals surface area contributed by atoms with E-state index in [1.54, 1.807) is 0 Å². The first-order valence-corrected chi connectivity index (χ1v) is 6.90. The third kappa shape index (κ3) is 3.96. The number of aryl methyl sites for hydroxylation is 1. The molecule has 1 aromatic carbocycles. The van der Waals surface area contributed by atoms with Crippen molar-refractivity contribution in [3.8, 4) is 0 Å². The maximum Gasteiger partial charge on any atom is 0.219 e. The lowest BCUT2D eigenvalue weighted by Gasteiger charge is -2.37. The summed E-state index contributed by atoms with van der Waals surface area (Å²) in [6, 6.07) is 8.49. The molecule has 1 saturated heterocycles. The molecule has 0 aliphatic carbocycles. The fraction of sp³-hybridized carbons (Fsp3) is 0.533. The second-order valence-corrected chi connectivity index (χ2v) is 5.07. The highest BCUT2D eigenvalue weighted by Crippen LogP contribution is 2.25. The molecule has 1 atom stereocenters. The maximum absolute atomic E-state index is 10.8. The minimum Gasteiger partial charge on any atom is -0.370 e. The quantitative estimate of drug-likeness (QED) is 0.885. The van der Waals surface area contributed by atoms with Gasteiger partial charge in [-0.05, 0) is 38.3 Å². The molecule has 4 heteroatoms. The molecular weight excluding hydrogens is 240 g/mol. The lowest BCUT2D eigenvalue weighted by Crippen LogP contribution is -2.41. The van der Waals surface area contributed by atoms with Gasteiger partial charge in [0.05, 0.1) is 6.61 Å². The molecule has 0 aromatic heterocycles. The van der Waals surface area contributed by atoms with Gasteiger partial charge < -0.3 is 15.4 Å². The van der Waals surface area contributed by atoms with Gasteiger partial charge in [-0.25, -0.2) is 0 Å². The summed E-state index contributed by atoms with van der Waals surface area (Å²) in [5.74, 6) is -0.308. The van der Waals surface area contributed by atoms with Crippen molar-refractivity contribution in [1.29, 1.82) is 0 Å². The minimum atomic E-state index is -0.308. The number of benzene rings is 1. The highest BCUT2D eigenvalue weighted by Gasteiger charge is 2.23. The summed E-state index contributed by atoms with van der Waals surface area (Å²) in [5.41, 5.74) is 7.58. The molecule has 1 aliphatic rings. The molecule has 1 aromatic rings. The molecule has 0 unspecified atom stereocenters. The van der Waals surface area contributed by atoms with Crippen LogP contribution in [0.3, 0.4) is 0 Å². The lowest BCUT2D eigenvalue weighted by atomic mass is 10.1. The third-order valence-corrected chi connectivity index (χ3v) is 3.47. The predicted octanol–water partition coefficient (Wildman–Crippen LogP) is 2.20. The van der Waals surface area contributed by atoms with Crippen molar-refractivity contribution in [2.45, 2.75) is 38.8 Å². The third-order valence-electron chi connectivity index (χ3n) is 3.47. The Hall–Kier alpha value is -1.55. The van der Waals surface area contributed by atoms with Crippen molar-refractivity contribution >= 4 is 11.6 Å². The second-order valence-electron chi connectivity index (χ2n) is 5.07. The van der Waals surface area contributed by atoms with Crippen LogP contribution in [-0.2, 0) is 9.53 Å². The van der Waals surface area contributed by atoms with Crippen LogP contribution in [0, 0.1) is 6.92 Å². The van der Waals surface area contributed by atoms with E-state index >= 15 is 0 Å². The van der Waals surface area contributed by atoms with Gasteiger partial charge in [0, 0.05) is 18.7 Å². The monoisotopic (exact) mass is 262 g/mol. The van der Waals surface area contributed by atoms with Crippen LogP contribution in [0.25, 0.3) is 0 Å². The minimum absolute atomic E-state index is 0.0656. The van der Waals surface area contributed by atoms with Crippen molar-refractivity contribution in [3.05, 3.63) is 29.8 Å². The number of piperidine rings is 1. The molecule has 0 bridgehead atoms. The molecule has 2 N–H and O–H groups in total. The summed E-state index contributed by atoms with van der Waals surface area (Å²) in [4.78, 5) is 13.0. The normalized spacial score (nSPS) is 19.4. The lowest BCUT2D eigenvalue weighted by molar-refractivity contribution is -0.119. The van der Waals surface area contributed by atoms with Gasteiger partial charge in [-0.3, -0.25) is 4.79 Å². The fourth-order valence-electron chi connectivity index (χ4n) is 2.40. The Morgan fingerprint density at radius 3 is 2.79 bits per heavy atom. The van der Waals surface area contributed by atoms with E-state index in [-0.39, 0.29) is 18.6 Å². The number of hydrogen-bond acceptors (Lipinski definition) is 3. The molecule has 19 heavy (non-hydrogen) atoms. The molecular formula is C15H22N2O2. The number of hydrogen-bond donors (Lipinski definition) is 1. The molecule has 1 heterocycles. The topological polar surface area (TPSA) is 55.6 Å². The zero-order valence-corrected chi connectivity index (χ0v) is 11.5. The van der Waals surface area contributed by atoms with Gasteiger partial charge in [-0.15, -0.1) is 0 Å². The Morgan fingerprint density at radius 2 is 2.11 bits per heavy atom. The molecule has 0 radical (unpaired) electrons. The Balaban J connectivity index is 1.99. The number of carbonyl (C=O) groups excluding carboxylic acids is 1. The van der Waals surface area contributed by atoms with Crippen LogP contribution < -0.4 is 10.6 Å². The summed E-state index contributed by atoms with van der Waals surface area (Å²) in [7, 11) is 0. The number of amides is 1. The first-order chi connectivity index (χ1) is 9.16. The van der Waals surface area contributed by atoms with Gasteiger partial charge in [0.15, 0.2) is 0 Å². The number of rotatable bonds is 5. The number of ether oxygens (including phenoxy) is 1. The zero-order valence-electron chi connectivity index (χ0n) is 11.5. The standard InChI is InChI=1S/C15H22N2O2/c1-12-5-7-13(8-6-12)17-10-3-2-4-15(17)19-11-9-14(16)18/h5-8,15H,2-4,9-11H2,1H3,(H2,16,18)/t15-/m0/s1. The van der Waals surface area contributed by atoms with Crippen LogP contribution in [0.2, 0.25) is 0 Å². The predicted molar refractivity (Wildman–Crippen MR) is 75.9 cm³/mol. The second kappa shape index (κ2) is 6.57. The molecule has 4 nitrogen and oxygen atoms in total. The van der Waals surface area contributed by atoms with Gasteiger partial charge in [0.1, 0.15) is 6.23 Å². The van der Waals surface area contributed by atoms with Gasteiger partial charge in [0.25, 0.3) is 0 Å². The average Bonchev–Trinajstić information content (AvgIpc) is 2.40. The van der Waals surface area contributed by atoms with E-state index in [0.717, 1.165) is 13.0 Å².